The minimum absolute atomic E-state index is 0.0469. The molecule has 2 atom stereocenters. The number of carbonyl (C=O) groups excluding carboxylic acids is 1. The Kier molecular flexibility index (Phi) is 4.41. The number of hydrogen-bond donors (Lipinski definition) is 0. The topological polar surface area (TPSA) is 20.3 Å². The fraction of sp³-hybridized carbons (Fsp3) is 0.462. The van der Waals surface area contributed by atoms with E-state index < -0.39 is 0 Å². The molecule has 1 heterocycles. The van der Waals surface area contributed by atoms with Gasteiger partial charge in [-0.05, 0) is 30.5 Å². The molecular formula is C13H14Cl3NO. The van der Waals surface area contributed by atoms with E-state index in [4.69, 9.17) is 34.8 Å². The van der Waals surface area contributed by atoms with Gasteiger partial charge in [-0.2, -0.15) is 0 Å². The van der Waals surface area contributed by atoms with Crippen LogP contribution in [0.5, 0.6) is 0 Å². The van der Waals surface area contributed by atoms with Gasteiger partial charge >= 0.3 is 0 Å². The predicted molar refractivity (Wildman–Crippen MR) is 75.8 cm³/mol. The van der Waals surface area contributed by atoms with E-state index >= 15 is 0 Å². The molecule has 1 fully saturated rings. The van der Waals surface area contributed by atoms with Gasteiger partial charge in [0.1, 0.15) is 0 Å². The van der Waals surface area contributed by atoms with Crippen molar-refractivity contribution in [2.45, 2.75) is 19.4 Å². The summed E-state index contributed by atoms with van der Waals surface area (Å²) < 4.78 is 0. The lowest BCUT2D eigenvalue weighted by molar-refractivity contribution is 0.0737. The third-order valence-corrected chi connectivity index (χ3v) is 4.16. The Labute approximate surface area is 122 Å². The Balaban J connectivity index is 2.25. The summed E-state index contributed by atoms with van der Waals surface area (Å²) >= 11 is 17.8. The van der Waals surface area contributed by atoms with E-state index in [-0.39, 0.29) is 11.9 Å². The predicted octanol–water partition coefficient (Wildman–Crippen LogP) is 4.08. The van der Waals surface area contributed by atoms with Crippen LogP contribution in [0.4, 0.5) is 0 Å². The summed E-state index contributed by atoms with van der Waals surface area (Å²) in [6, 6.07) is 5.00. The molecule has 1 aromatic rings. The molecule has 2 rings (SSSR count). The maximum Gasteiger partial charge on any atom is 0.254 e. The molecule has 18 heavy (non-hydrogen) atoms. The fourth-order valence-corrected chi connectivity index (χ4v) is 3.34. The molecule has 1 aromatic carbocycles. The smallest absolute Gasteiger partial charge is 0.254 e. The van der Waals surface area contributed by atoms with Crippen molar-refractivity contribution in [1.29, 1.82) is 0 Å². The van der Waals surface area contributed by atoms with Crippen LogP contribution in [0.25, 0.3) is 0 Å². The van der Waals surface area contributed by atoms with E-state index in [1.54, 1.807) is 18.2 Å². The van der Waals surface area contributed by atoms with Crippen molar-refractivity contribution < 1.29 is 4.79 Å². The van der Waals surface area contributed by atoms with Crippen molar-refractivity contribution in [2.24, 2.45) is 5.92 Å². The van der Waals surface area contributed by atoms with Crippen molar-refractivity contribution in [2.75, 3.05) is 12.4 Å². The van der Waals surface area contributed by atoms with E-state index in [0.29, 0.717) is 27.4 Å². The van der Waals surface area contributed by atoms with E-state index in [9.17, 15) is 4.79 Å². The van der Waals surface area contributed by atoms with Crippen LogP contribution in [0, 0.1) is 5.92 Å². The Bertz CT molecular complexity index is 443. The standard InChI is InChI=1S/C13H14Cl3NO/c1-8-2-3-17(12(8)7-14)13(18)9-4-10(15)6-11(16)5-9/h4-6,8,12H,2-3,7H2,1H3. The van der Waals surface area contributed by atoms with Crippen molar-refractivity contribution in [3.8, 4) is 0 Å². The lowest BCUT2D eigenvalue weighted by atomic mass is 10.0. The number of rotatable bonds is 2. The molecule has 5 heteroatoms. The second-order valence-corrected chi connectivity index (χ2v) is 5.83. The highest BCUT2D eigenvalue weighted by atomic mass is 35.5. The van der Waals surface area contributed by atoms with Crippen molar-refractivity contribution in [3.05, 3.63) is 33.8 Å². The minimum atomic E-state index is -0.0469. The highest BCUT2D eigenvalue weighted by Crippen LogP contribution is 2.28. The molecule has 0 N–H and O–H groups in total. The molecule has 1 aliphatic heterocycles. The molecular weight excluding hydrogens is 293 g/mol. The second kappa shape index (κ2) is 5.68. The molecule has 1 saturated heterocycles. The number of likely N-dealkylation sites (tertiary alicyclic amines) is 1. The lowest BCUT2D eigenvalue weighted by Gasteiger charge is -2.25. The first-order valence-corrected chi connectivity index (χ1v) is 7.15. The molecule has 1 amide bonds. The summed E-state index contributed by atoms with van der Waals surface area (Å²) in [6.07, 6.45) is 0.984. The lowest BCUT2D eigenvalue weighted by Crippen LogP contribution is -2.38. The van der Waals surface area contributed by atoms with Gasteiger partial charge in [0.15, 0.2) is 0 Å². The zero-order valence-corrected chi connectivity index (χ0v) is 12.3. The van der Waals surface area contributed by atoms with Crippen LogP contribution in [0.15, 0.2) is 18.2 Å². The Hall–Kier alpha value is -0.440. The molecule has 0 spiro atoms. The molecule has 0 saturated carbocycles. The molecule has 2 unspecified atom stereocenters. The van der Waals surface area contributed by atoms with Gasteiger partial charge in [-0.3, -0.25) is 4.79 Å². The molecule has 0 bridgehead atoms. The van der Waals surface area contributed by atoms with E-state index in [0.717, 1.165) is 13.0 Å². The largest absolute Gasteiger partial charge is 0.334 e. The first kappa shape index (κ1) is 14.0. The number of nitrogens with zero attached hydrogens (tertiary/aromatic N) is 1. The number of amides is 1. The highest BCUT2D eigenvalue weighted by molar-refractivity contribution is 6.35. The fourth-order valence-electron chi connectivity index (χ4n) is 2.34. The minimum Gasteiger partial charge on any atom is -0.334 e. The normalized spacial score (nSPS) is 23.4. The molecule has 0 radical (unpaired) electrons. The zero-order chi connectivity index (χ0) is 13.3. The van der Waals surface area contributed by atoms with E-state index in [1.807, 2.05) is 4.90 Å². The summed E-state index contributed by atoms with van der Waals surface area (Å²) in [6.45, 7) is 2.85. The van der Waals surface area contributed by atoms with Crippen LogP contribution in [0.1, 0.15) is 23.7 Å². The number of hydrogen-bond acceptors (Lipinski definition) is 1. The first-order chi connectivity index (χ1) is 8.52. The van der Waals surface area contributed by atoms with Gasteiger partial charge in [-0.1, -0.05) is 30.1 Å². The molecule has 0 aliphatic carbocycles. The summed E-state index contributed by atoms with van der Waals surface area (Å²) in [7, 11) is 0. The van der Waals surface area contributed by atoms with Gasteiger partial charge in [-0.25, -0.2) is 0 Å². The van der Waals surface area contributed by atoms with Crippen molar-refractivity contribution in [1.82, 2.24) is 4.90 Å². The maximum absolute atomic E-state index is 12.4. The SMILES string of the molecule is CC1CCN(C(=O)c2cc(Cl)cc(Cl)c2)C1CCl. The van der Waals surface area contributed by atoms with Crippen LogP contribution in [0.3, 0.4) is 0 Å². The van der Waals surface area contributed by atoms with Crippen molar-refractivity contribution >= 4 is 40.7 Å². The summed E-state index contributed by atoms with van der Waals surface area (Å²) in [5.41, 5.74) is 0.525. The van der Waals surface area contributed by atoms with Gasteiger partial charge in [0.05, 0.1) is 0 Å². The zero-order valence-electron chi connectivity index (χ0n) is 10.00. The van der Waals surface area contributed by atoms with Crippen LogP contribution >= 0.6 is 34.8 Å². The monoisotopic (exact) mass is 305 g/mol. The maximum atomic E-state index is 12.4. The van der Waals surface area contributed by atoms with Crippen LogP contribution in [-0.2, 0) is 0 Å². The Morgan fingerprint density at radius 2 is 1.94 bits per heavy atom. The Morgan fingerprint density at radius 1 is 1.33 bits per heavy atom. The van der Waals surface area contributed by atoms with E-state index in [1.165, 1.54) is 0 Å². The number of alkyl halides is 1. The summed E-state index contributed by atoms with van der Waals surface area (Å²) in [4.78, 5) is 14.2. The van der Waals surface area contributed by atoms with Gasteiger partial charge in [0.25, 0.3) is 5.91 Å². The third-order valence-electron chi connectivity index (χ3n) is 3.41. The van der Waals surface area contributed by atoms with Gasteiger partial charge < -0.3 is 4.90 Å². The first-order valence-electron chi connectivity index (χ1n) is 5.86. The average molecular weight is 307 g/mol. The number of carbonyl (C=O) groups is 1. The van der Waals surface area contributed by atoms with Crippen LogP contribution in [-0.4, -0.2) is 29.3 Å². The molecule has 2 nitrogen and oxygen atoms in total. The Morgan fingerprint density at radius 3 is 2.50 bits per heavy atom. The highest BCUT2D eigenvalue weighted by Gasteiger charge is 2.34. The quantitative estimate of drug-likeness (QED) is 0.754. The van der Waals surface area contributed by atoms with Crippen LogP contribution < -0.4 is 0 Å². The van der Waals surface area contributed by atoms with Crippen LogP contribution in [0.2, 0.25) is 10.0 Å². The van der Waals surface area contributed by atoms with Gasteiger partial charge in [-0.15, -0.1) is 11.6 Å². The van der Waals surface area contributed by atoms with Crippen molar-refractivity contribution in [3.63, 3.8) is 0 Å². The third kappa shape index (κ3) is 2.76. The summed E-state index contributed by atoms with van der Waals surface area (Å²) in [5, 5.41) is 0.945. The molecule has 98 valence electrons. The average Bonchev–Trinajstić information content (AvgIpc) is 2.68. The van der Waals surface area contributed by atoms with E-state index in [2.05, 4.69) is 6.92 Å². The second-order valence-electron chi connectivity index (χ2n) is 4.64. The number of halogens is 3. The number of benzene rings is 1. The molecule has 1 aliphatic rings. The van der Waals surface area contributed by atoms with Gasteiger partial charge in [0, 0.05) is 34.1 Å². The van der Waals surface area contributed by atoms with Gasteiger partial charge in [0.2, 0.25) is 0 Å². The molecule has 0 aromatic heterocycles. The summed E-state index contributed by atoms with van der Waals surface area (Å²) in [5.74, 6) is 0.844.